The summed E-state index contributed by atoms with van der Waals surface area (Å²) in [4.78, 5) is 49.0. The molecule has 0 fully saturated rings. The number of Topliss-reactive ketones (excluding diaryl/α,β-unsaturated/α-hetero) is 1. The van der Waals surface area contributed by atoms with Crippen LogP contribution in [0.25, 0.3) is 11.1 Å². The number of aliphatic hydroxyl groups excluding tert-OH is 1. The number of urea groups is 1. The molecule has 3 amide bonds. The third kappa shape index (κ3) is 6.42. The number of amides is 3. The molecule has 39 heavy (non-hydrogen) atoms. The van der Waals surface area contributed by atoms with Crippen LogP contribution in [0, 0.1) is 0 Å². The van der Waals surface area contributed by atoms with Gasteiger partial charge in [0.25, 0.3) is 0 Å². The van der Waals surface area contributed by atoms with Gasteiger partial charge in [-0.05, 0) is 34.7 Å². The van der Waals surface area contributed by atoms with E-state index in [-0.39, 0.29) is 12.5 Å². The van der Waals surface area contributed by atoms with Crippen LogP contribution in [0.5, 0.6) is 0 Å². The van der Waals surface area contributed by atoms with Crippen LogP contribution in [-0.4, -0.2) is 54.3 Å². The number of rotatable bonds is 10. The van der Waals surface area contributed by atoms with Gasteiger partial charge < -0.3 is 30.9 Å². The van der Waals surface area contributed by atoms with E-state index >= 15 is 0 Å². The predicted octanol–water partition coefficient (Wildman–Crippen LogP) is 2.80. The molecule has 3 aromatic carbocycles. The largest absolute Gasteiger partial charge is 0.508 e. The summed E-state index contributed by atoms with van der Waals surface area (Å²) in [6, 6.07) is 21.6. The fourth-order valence-electron chi connectivity index (χ4n) is 4.54. The lowest BCUT2D eigenvalue weighted by atomic mass is 9.98. The van der Waals surface area contributed by atoms with E-state index in [9.17, 15) is 24.3 Å². The van der Waals surface area contributed by atoms with Crippen molar-refractivity contribution in [3.05, 3.63) is 95.6 Å². The molecular weight excluding hydrogens is 502 g/mol. The van der Waals surface area contributed by atoms with Gasteiger partial charge in [-0.3, -0.25) is 9.59 Å². The monoisotopic (exact) mass is 531 g/mol. The molecule has 0 aliphatic heterocycles. The van der Waals surface area contributed by atoms with Crippen molar-refractivity contribution in [1.29, 1.82) is 0 Å². The van der Waals surface area contributed by atoms with Crippen molar-refractivity contribution in [2.75, 3.05) is 13.2 Å². The van der Waals surface area contributed by atoms with Gasteiger partial charge in [0.15, 0.2) is 5.78 Å². The Balaban J connectivity index is 1.29. The van der Waals surface area contributed by atoms with Gasteiger partial charge in [0.05, 0.1) is 6.54 Å². The van der Waals surface area contributed by atoms with Crippen LogP contribution in [-0.2, 0) is 19.1 Å². The Hall–Kier alpha value is -4.70. The highest BCUT2D eigenvalue weighted by molar-refractivity contribution is 5.91. The number of primary amides is 1. The normalized spacial score (nSPS) is 14.2. The van der Waals surface area contributed by atoms with Crippen LogP contribution in [0.4, 0.5) is 9.59 Å². The summed E-state index contributed by atoms with van der Waals surface area (Å²) in [5, 5.41) is 14.7. The maximum Gasteiger partial charge on any atom is 0.508 e. The van der Waals surface area contributed by atoms with Crippen molar-refractivity contribution in [1.82, 2.24) is 10.6 Å². The van der Waals surface area contributed by atoms with Gasteiger partial charge in [0.2, 0.25) is 5.91 Å². The third-order valence-corrected chi connectivity index (χ3v) is 6.52. The standard InChI is InChI=1S/C29H29N3O7/c1-17(25(27(30)35)32-28(36)31-15-24(33)26(34)18-9-3-2-4-10-18)39-29(37)38-16-23-21-13-7-5-11-19(21)20-12-6-8-14-22(20)23/h2-14,17,23,25-26,34H,15-16H2,1H3,(H2,30,35)(H2,31,32,36)/t17?,25-,26+/m0/s1. The van der Waals surface area contributed by atoms with Crippen LogP contribution >= 0.6 is 0 Å². The molecule has 0 saturated carbocycles. The molecule has 0 spiro atoms. The molecule has 4 rings (SSSR count). The zero-order chi connectivity index (χ0) is 27.9. The molecule has 0 bridgehead atoms. The Morgan fingerprint density at radius 2 is 1.46 bits per heavy atom. The van der Waals surface area contributed by atoms with E-state index in [1.807, 2.05) is 48.5 Å². The molecule has 10 heteroatoms. The Kier molecular flexibility index (Phi) is 8.57. The minimum absolute atomic E-state index is 0.0145. The highest BCUT2D eigenvalue weighted by Crippen LogP contribution is 2.44. The average Bonchev–Trinajstić information content (AvgIpc) is 3.27. The molecular formula is C29H29N3O7. The highest BCUT2D eigenvalue weighted by Gasteiger charge is 2.32. The highest BCUT2D eigenvalue weighted by atomic mass is 16.7. The van der Waals surface area contributed by atoms with Crippen molar-refractivity contribution in [3.63, 3.8) is 0 Å². The number of nitrogens with one attached hydrogen (secondary N) is 2. The molecule has 1 aliphatic carbocycles. The van der Waals surface area contributed by atoms with Gasteiger partial charge in [-0.15, -0.1) is 0 Å². The maximum absolute atomic E-state index is 12.5. The second-order valence-corrected chi connectivity index (χ2v) is 9.10. The van der Waals surface area contributed by atoms with Crippen molar-refractivity contribution in [2.45, 2.75) is 31.1 Å². The zero-order valence-corrected chi connectivity index (χ0v) is 21.2. The van der Waals surface area contributed by atoms with Gasteiger partial charge in [-0.1, -0.05) is 78.9 Å². The summed E-state index contributed by atoms with van der Waals surface area (Å²) >= 11 is 0. The summed E-state index contributed by atoms with van der Waals surface area (Å²) in [6.45, 7) is 0.886. The number of ether oxygens (including phenoxy) is 2. The summed E-state index contributed by atoms with van der Waals surface area (Å²) in [7, 11) is 0. The van der Waals surface area contributed by atoms with Crippen molar-refractivity contribution in [3.8, 4) is 11.1 Å². The number of carbonyl (C=O) groups is 4. The maximum atomic E-state index is 12.5. The quantitative estimate of drug-likeness (QED) is 0.293. The fraction of sp³-hybridized carbons (Fsp3) is 0.241. The Bertz CT molecular complexity index is 1320. The smallest absolute Gasteiger partial charge is 0.433 e. The lowest BCUT2D eigenvalue weighted by Crippen LogP contribution is -2.55. The van der Waals surface area contributed by atoms with E-state index in [2.05, 4.69) is 10.6 Å². The SMILES string of the molecule is CC(OC(=O)OCC1c2ccccc2-c2ccccc21)[C@H](NC(=O)NCC(=O)[C@H](O)c1ccccc1)C(N)=O. The molecule has 0 heterocycles. The van der Waals surface area contributed by atoms with Gasteiger partial charge >= 0.3 is 12.2 Å². The Morgan fingerprint density at radius 3 is 2.05 bits per heavy atom. The number of ketones is 1. The van der Waals surface area contributed by atoms with E-state index < -0.39 is 48.7 Å². The lowest BCUT2D eigenvalue weighted by Gasteiger charge is -2.23. The van der Waals surface area contributed by atoms with Gasteiger partial charge in [0, 0.05) is 5.92 Å². The molecule has 0 saturated heterocycles. The number of carbonyl (C=O) groups excluding carboxylic acids is 4. The molecule has 10 nitrogen and oxygen atoms in total. The van der Waals surface area contributed by atoms with Gasteiger partial charge in [-0.25, -0.2) is 9.59 Å². The first-order valence-corrected chi connectivity index (χ1v) is 12.4. The summed E-state index contributed by atoms with van der Waals surface area (Å²) < 4.78 is 10.6. The predicted molar refractivity (Wildman–Crippen MR) is 142 cm³/mol. The van der Waals surface area contributed by atoms with E-state index in [0.717, 1.165) is 22.3 Å². The third-order valence-electron chi connectivity index (χ3n) is 6.52. The van der Waals surface area contributed by atoms with Crippen LogP contribution < -0.4 is 16.4 Å². The first-order valence-electron chi connectivity index (χ1n) is 12.4. The second kappa shape index (κ2) is 12.2. The summed E-state index contributed by atoms with van der Waals surface area (Å²) in [6.07, 6.45) is -3.62. The number of fused-ring (bicyclic) bond motifs is 3. The summed E-state index contributed by atoms with van der Waals surface area (Å²) in [5.41, 5.74) is 9.98. The Labute approximate surface area is 225 Å². The first-order chi connectivity index (χ1) is 18.8. The fourth-order valence-corrected chi connectivity index (χ4v) is 4.54. The lowest BCUT2D eigenvalue weighted by molar-refractivity contribution is -0.126. The van der Waals surface area contributed by atoms with Crippen LogP contribution in [0.2, 0.25) is 0 Å². The van der Waals surface area contributed by atoms with Crippen LogP contribution in [0.3, 0.4) is 0 Å². The van der Waals surface area contributed by atoms with Crippen molar-refractivity contribution < 1.29 is 33.8 Å². The number of benzene rings is 3. The average molecular weight is 532 g/mol. The van der Waals surface area contributed by atoms with Gasteiger partial charge in [-0.2, -0.15) is 0 Å². The van der Waals surface area contributed by atoms with E-state index in [1.165, 1.54) is 6.92 Å². The van der Waals surface area contributed by atoms with Crippen LogP contribution in [0.15, 0.2) is 78.9 Å². The number of hydrogen-bond acceptors (Lipinski definition) is 7. The van der Waals surface area contributed by atoms with Gasteiger partial charge in [0.1, 0.15) is 24.9 Å². The zero-order valence-electron chi connectivity index (χ0n) is 21.2. The molecule has 0 radical (unpaired) electrons. The summed E-state index contributed by atoms with van der Waals surface area (Å²) in [5.74, 6) is -1.80. The van der Waals surface area contributed by atoms with Crippen molar-refractivity contribution in [2.24, 2.45) is 5.73 Å². The minimum atomic E-state index is -1.42. The molecule has 202 valence electrons. The second-order valence-electron chi connectivity index (χ2n) is 9.10. The number of aliphatic hydroxyl groups is 1. The van der Waals surface area contributed by atoms with E-state index in [1.54, 1.807) is 30.3 Å². The van der Waals surface area contributed by atoms with E-state index in [4.69, 9.17) is 15.2 Å². The molecule has 1 aliphatic rings. The van der Waals surface area contributed by atoms with Crippen molar-refractivity contribution >= 4 is 23.9 Å². The Morgan fingerprint density at radius 1 is 0.897 bits per heavy atom. The minimum Gasteiger partial charge on any atom is -0.433 e. The molecule has 5 N–H and O–H groups in total. The number of hydrogen-bond donors (Lipinski definition) is 4. The molecule has 1 unspecified atom stereocenters. The molecule has 3 atom stereocenters. The van der Waals surface area contributed by atoms with E-state index in [0.29, 0.717) is 5.56 Å². The van der Waals surface area contributed by atoms with Crippen LogP contribution in [0.1, 0.15) is 35.6 Å². The topological polar surface area (TPSA) is 157 Å². The molecule has 0 aromatic heterocycles. The molecule has 3 aromatic rings. The first kappa shape index (κ1) is 27.3. The number of nitrogens with two attached hydrogens (primary N) is 1.